The number of nitrogens with zero attached hydrogens (tertiary/aromatic N) is 3. The molecule has 1 aliphatic rings. The van der Waals surface area contributed by atoms with Gasteiger partial charge in [-0.3, -0.25) is 0 Å². The fourth-order valence-corrected chi connectivity index (χ4v) is 3.44. The van der Waals surface area contributed by atoms with Crippen molar-refractivity contribution in [3.05, 3.63) is 30.6 Å². The van der Waals surface area contributed by atoms with Crippen molar-refractivity contribution in [2.24, 2.45) is 5.92 Å². The second kappa shape index (κ2) is 6.77. The van der Waals surface area contributed by atoms with Crippen LogP contribution in [0.3, 0.4) is 0 Å². The summed E-state index contributed by atoms with van der Waals surface area (Å²) in [6.45, 7) is 6.88. The van der Waals surface area contributed by atoms with Crippen molar-refractivity contribution in [1.82, 2.24) is 14.9 Å². The first-order valence-corrected chi connectivity index (χ1v) is 8.90. The van der Waals surface area contributed by atoms with E-state index < -0.39 is 0 Å². The van der Waals surface area contributed by atoms with Crippen LogP contribution in [0.5, 0.6) is 0 Å². The molecule has 0 aliphatic carbocycles. The molecule has 2 aromatic heterocycles. The minimum absolute atomic E-state index is 0.755. The molecule has 5 heteroatoms. The van der Waals surface area contributed by atoms with E-state index >= 15 is 0 Å². The number of hydrogen-bond donors (Lipinski definition) is 1. The van der Waals surface area contributed by atoms with Crippen molar-refractivity contribution < 1.29 is 4.42 Å². The molecule has 0 unspecified atom stereocenters. The van der Waals surface area contributed by atoms with Gasteiger partial charge in [-0.2, -0.15) is 0 Å². The standard InChI is InChI=1S/C19H24N4O/c1-14-7-11-23(12-8-14)10-4-9-20-19-18-17(21-13-22-19)15-5-2-3-6-16(15)24-18/h2-3,5-6,13-14H,4,7-12H2,1H3,(H,20,21,22). The lowest BCUT2D eigenvalue weighted by molar-refractivity contribution is 0.192. The molecule has 1 fully saturated rings. The van der Waals surface area contributed by atoms with Gasteiger partial charge in [0.15, 0.2) is 11.4 Å². The monoisotopic (exact) mass is 324 g/mol. The first-order chi connectivity index (χ1) is 11.8. The maximum absolute atomic E-state index is 5.94. The minimum Gasteiger partial charge on any atom is -0.450 e. The predicted molar refractivity (Wildman–Crippen MR) is 97.3 cm³/mol. The Kier molecular flexibility index (Phi) is 4.34. The zero-order chi connectivity index (χ0) is 16.4. The normalized spacial score (nSPS) is 16.9. The number of anilines is 1. The van der Waals surface area contributed by atoms with Crippen LogP contribution in [-0.4, -0.2) is 41.0 Å². The van der Waals surface area contributed by atoms with Crippen LogP contribution in [0.1, 0.15) is 26.2 Å². The number of fused-ring (bicyclic) bond motifs is 3. The highest BCUT2D eigenvalue weighted by Gasteiger charge is 2.15. The molecule has 0 spiro atoms. The number of nitrogens with one attached hydrogen (secondary N) is 1. The molecule has 126 valence electrons. The van der Waals surface area contributed by atoms with Crippen molar-refractivity contribution in [1.29, 1.82) is 0 Å². The van der Waals surface area contributed by atoms with Gasteiger partial charge in [0.25, 0.3) is 0 Å². The highest BCUT2D eigenvalue weighted by atomic mass is 16.3. The van der Waals surface area contributed by atoms with Crippen LogP contribution in [0.25, 0.3) is 22.1 Å². The third kappa shape index (κ3) is 3.08. The zero-order valence-corrected chi connectivity index (χ0v) is 14.2. The average Bonchev–Trinajstić information content (AvgIpc) is 3.00. The molecular weight excluding hydrogens is 300 g/mol. The molecule has 0 bridgehead atoms. The topological polar surface area (TPSA) is 54.2 Å². The van der Waals surface area contributed by atoms with Gasteiger partial charge >= 0.3 is 0 Å². The average molecular weight is 324 g/mol. The molecule has 1 aromatic carbocycles. The van der Waals surface area contributed by atoms with E-state index in [9.17, 15) is 0 Å². The molecule has 3 heterocycles. The van der Waals surface area contributed by atoms with Gasteiger partial charge < -0.3 is 14.6 Å². The Bertz CT molecular complexity index is 820. The number of furan rings is 1. The summed E-state index contributed by atoms with van der Waals surface area (Å²) in [4.78, 5) is 11.3. The number of benzene rings is 1. The molecule has 1 aliphatic heterocycles. The highest BCUT2D eigenvalue weighted by molar-refractivity contribution is 6.05. The number of para-hydroxylation sites is 1. The van der Waals surface area contributed by atoms with Crippen LogP contribution in [-0.2, 0) is 0 Å². The highest BCUT2D eigenvalue weighted by Crippen LogP contribution is 2.30. The van der Waals surface area contributed by atoms with Crippen LogP contribution in [0, 0.1) is 5.92 Å². The van der Waals surface area contributed by atoms with E-state index in [1.165, 1.54) is 25.9 Å². The summed E-state index contributed by atoms with van der Waals surface area (Å²) in [5, 5.41) is 4.47. The van der Waals surface area contributed by atoms with Crippen molar-refractivity contribution in [3.63, 3.8) is 0 Å². The summed E-state index contributed by atoms with van der Waals surface area (Å²) in [7, 11) is 0. The van der Waals surface area contributed by atoms with E-state index in [0.717, 1.165) is 53.3 Å². The maximum Gasteiger partial charge on any atom is 0.196 e. The van der Waals surface area contributed by atoms with Gasteiger partial charge in [0.1, 0.15) is 17.4 Å². The first-order valence-electron chi connectivity index (χ1n) is 8.90. The first kappa shape index (κ1) is 15.4. The summed E-state index contributed by atoms with van der Waals surface area (Å²) in [6.07, 6.45) is 5.39. The third-order valence-corrected chi connectivity index (χ3v) is 4.98. The van der Waals surface area contributed by atoms with E-state index in [-0.39, 0.29) is 0 Å². The smallest absolute Gasteiger partial charge is 0.196 e. The molecule has 1 saturated heterocycles. The Morgan fingerprint density at radius 1 is 1.21 bits per heavy atom. The second-order valence-corrected chi connectivity index (χ2v) is 6.80. The van der Waals surface area contributed by atoms with Gasteiger partial charge in [-0.1, -0.05) is 19.1 Å². The van der Waals surface area contributed by atoms with Gasteiger partial charge in [-0.25, -0.2) is 9.97 Å². The van der Waals surface area contributed by atoms with E-state index in [4.69, 9.17) is 4.42 Å². The third-order valence-electron chi connectivity index (χ3n) is 4.98. The Morgan fingerprint density at radius 3 is 2.92 bits per heavy atom. The Balaban J connectivity index is 1.40. The van der Waals surface area contributed by atoms with Gasteiger partial charge in [-0.05, 0) is 56.9 Å². The molecule has 5 nitrogen and oxygen atoms in total. The molecule has 1 N–H and O–H groups in total. The lowest BCUT2D eigenvalue weighted by atomic mass is 9.99. The van der Waals surface area contributed by atoms with Crippen LogP contribution < -0.4 is 5.32 Å². The molecule has 0 radical (unpaired) electrons. The maximum atomic E-state index is 5.94. The number of hydrogen-bond acceptors (Lipinski definition) is 5. The lowest BCUT2D eigenvalue weighted by Gasteiger charge is -2.30. The van der Waals surface area contributed by atoms with Crippen molar-refractivity contribution >= 4 is 27.9 Å². The van der Waals surface area contributed by atoms with E-state index in [1.807, 2.05) is 24.3 Å². The van der Waals surface area contributed by atoms with Gasteiger partial charge in [-0.15, -0.1) is 0 Å². The lowest BCUT2D eigenvalue weighted by Crippen LogP contribution is -2.34. The molecule has 0 amide bonds. The van der Waals surface area contributed by atoms with Crippen LogP contribution >= 0.6 is 0 Å². The molecule has 0 saturated carbocycles. The van der Waals surface area contributed by atoms with Crippen LogP contribution in [0.4, 0.5) is 5.82 Å². The van der Waals surface area contributed by atoms with Crippen LogP contribution in [0.2, 0.25) is 0 Å². The van der Waals surface area contributed by atoms with Crippen molar-refractivity contribution in [2.75, 3.05) is 31.5 Å². The number of rotatable bonds is 5. The largest absolute Gasteiger partial charge is 0.450 e. The molecule has 4 rings (SSSR count). The van der Waals surface area contributed by atoms with Crippen LogP contribution in [0.15, 0.2) is 35.0 Å². The van der Waals surface area contributed by atoms with Gasteiger partial charge in [0, 0.05) is 11.9 Å². The summed E-state index contributed by atoms with van der Waals surface area (Å²) < 4.78 is 5.94. The van der Waals surface area contributed by atoms with E-state index in [0.29, 0.717) is 0 Å². The molecule has 3 aromatic rings. The summed E-state index contributed by atoms with van der Waals surface area (Å²) in [5.41, 5.74) is 2.50. The summed E-state index contributed by atoms with van der Waals surface area (Å²) in [6, 6.07) is 7.99. The molecule has 0 atom stereocenters. The predicted octanol–water partition coefficient (Wildman–Crippen LogP) is 3.91. The summed E-state index contributed by atoms with van der Waals surface area (Å²) >= 11 is 0. The van der Waals surface area contributed by atoms with Gasteiger partial charge in [0.05, 0.1) is 0 Å². The Hall–Kier alpha value is -2.14. The second-order valence-electron chi connectivity index (χ2n) is 6.80. The summed E-state index contributed by atoms with van der Waals surface area (Å²) in [5.74, 6) is 1.69. The number of piperidine rings is 1. The number of aromatic nitrogens is 2. The Morgan fingerprint density at radius 2 is 2.04 bits per heavy atom. The zero-order valence-electron chi connectivity index (χ0n) is 14.2. The minimum atomic E-state index is 0.755. The Labute approximate surface area is 142 Å². The van der Waals surface area contributed by atoms with E-state index in [2.05, 4.69) is 27.1 Å². The molecular formula is C19H24N4O. The van der Waals surface area contributed by atoms with E-state index in [1.54, 1.807) is 6.33 Å². The quantitative estimate of drug-likeness (QED) is 0.721. The van der Waals surface area contributed by atoms with Crippen molar-refractivity contribution in [3.8, 4) is 0 Å². The van der Waals surface area contributed by atoms with Crippen molar-refractivity contribution in [2.45, 2.75) is 26.2 Å². The molecule has 24 heavy (non-hydrogen) atoms. The SMILES string of the molecule is CC1CCN(CCCNc2ncnc3c2oc2ccccc23)CC1. The fourth-order valence-electron chi connectivity index (χ4n) is 3.44. The fraction of sp³-hybridized carbons (Fsp3) is 0.474. The van der Waals surface area contributed by atoms with Gasteiger partial charge in [0.2, 0.25) is 0 Å². The number of likely N-dealkylation sites (tertiary alicyclic amines) is 1.